The van der Waals surface area contributed by atoms with Crippen molar-refractivity contribution in [3.8, 4) is 17.0 Å². The predicted molar refractivity (Wildman–Crippen MR) is 142 cm³/mol. The zero-order valence-electron chi connectivity index (χ0n) is 21.4. The van der Waals surface area contributed by atoms with Crippen LogP contribution in [0.15, 0.2) is 66.9 Å². The number of rotatable bonds is 2. The lowest BCUT2D eigenvalue weighted by atomic mass is 9.83. The molecule has 0 saturated carbocycles. The third kappa shape index (κ3) is 4.18. The SMILES string of the molecule is CC(C)(C)n1cc2c(n1)C(=O)CC1(CCN(C(=O)c3cc(-c4ccccc4)nc4ccccc34)CC1)O2. The van der Waals surface area contributed by atoms with Crippen molar-refractivity contribution in [1.29, 1.82) is 0 Å². The number of amides is 1. The van der Waals surface area contributed by atoms with Gasteiger partial charge in [-0.3, -0.25) is 14.3 Å². The summed E-state index contributed by atoms with van der Waals surface area (Å²) in [5.74, 6) is 0.546. The monoisotopic (exact) mass is 494 g/mol. The van der Waals surface area contributed by atoms with Crippen LogP contribution in [-0.4, -0.2) is 50.0 Å². The van der Waals surface area contributed by atoms with Crippen LogP contribution in [0.3, 0.4) is 0 Å². The third-order valence-electron chi connectivity index (χ3n) is 7.42. The van der Waals surface area contributed by atoms with Gasteiger partial charge in [-0.15, -0.1) is 0 Å². The van der Waals surface area contributed by atoms with E-state index in [9.17, 15) is 9.59 Å². The Balaban J connectivity index is 1.26. The lowest BCUT2D eigenvalue weighted by molar-refractivity contribution is -0.00581. The fourth-order valence-electron chi connectivity index (χ4n) is 5.29. The van der Waals surface area contributed by atoms with Gasteiger partial charge in [-0.05, 0) is 32.9 Å². The van der Waals surface area contributed by atoms with E-state index in [1.807, 2.05) is 92.5 Å². The number of aromatic nitrogens is 3. The van der Waals surface area contributed by atoms with Crippen LogP contribution >= 0.6 is 0 Å². The third-order valence-corrected chi connectivity index (χ3v) is 7.42. The zero-order valence-corrected chi connectivity index (χ0v) is 21.4. The first-order valence-corrected chi connectivity index (χ1v) is 12.8. The van der Waals surface area contributed by atoms with Crippen molar-refractivity contribution in [3.05, 3.63) is 78.1 Å². The van der Waals surface area contributed by atoms with E-state index in [2.05, 4.69) is 5.10 Å². The Bertz CT molecular complexity index is 1510. The number of piperidine rings is 1. The number of pyridine rings is 1. The van der Waals surface area contributed by atoms with E-state index >= 15 is 0 Å². The maximum Gasteiger partial charge on any atom is 0.254 e. The topological polar surface area (TPSA) is 77.3 Å². The summed E-state index contributed by atoms with van der Waals surface area (Å²) in [5.41, 5.74) is 2.77. The van der Waals surface area contributed by atoms with Gasteiger partial charge in [-0.2, -0.15) is 5.10 Å². The summed E-state index contributed by atoms with van der Waals surface area (Å²) in [6.45, 7) is 7.17. The van der Waals surface area contributed by atoms with Crippen LogP contribution in [0.4, 0.5) is 0 Å². The highest BCUT2D eigenvalue weighted by molar-refractivity contribution is 6.07. The van der Waals surface area contributed by atoms with Crippen molar-refractivity contribution in [3.63, 3.8) is 0 Å². The number of ketones is 1. The van der Waals surface area contributed by atoms with Crippen LogP contribution in [-0.2, 0) is 5.54 Å². The number of ether oxygens (including phenoxy) is 1. The molecule has 0 bridgehead atoms. The van der Waals surface area contributed by atoms with Crippen molar-refractivity contribution in [2.45, 2.75) is 51.2 Å². The lowest BCUT2D eigenvalue weighted by Gasteiger charge is -2.43. The largest absolute Gasteiger partial charge is 0.483 e. The molecule has 6 rings (SSSR count). The van der Waals surface area contributed by atoms with Gasteiger partial charge in [0.1, 0.15) is 5.60 Å². The number of Topliss-reactive ketones (excluding diaryl/α,β-unsaturated/α-hetero) is 1. The lowest BCUT2D eigenvalue weighted by Crippen LogP contribution is -2.52. The van der Waals surface area contributed by atoms with Gasteiger partial charge in [0, 0.05) is 36.9 Å². The highest BCUT2D eigenvalue weighted by Gasteiger charge is 2.45. The molecular formula is C30H30N4O3. The first-order valence-electron chi connectivity index (χ1n) is 12.8. The summed E-state index contributed by atoms with van der Waals surface area (Å²) in [5, 5.41) is 5.34. The van der Waals surface area contributed by atoms with E-state index in [0.717, 1.165) is 22.2 Å². The number of carbonyl (C=O) groups excluding carboxylic acids is 2. The minimum Gasteiger partial charge on any atom is -0.483 e. The molecule has 2 aliphatic rings. The number of carbonyl (C=O) groups is 2. The van der Waals surface area contributed by atoms with E-state index in [0.29, 0.717) is 49.4 Å². The fourth-order valence-corrected chi connectivity index (χ4v) is 5.29. The summed E-state index contributed by atoms with van der Waals surface area (Å²) in [6, 6.07) is 19.6. The summed E-state index contributed by atoms with van der Waals surface area (Å²) in [4.78, 5) is 33.5. The van der Waals surface area contributed by atoms with Crippen LogP contribution in [0.1, 0.15) is 60.9 Å². The maximum absolute atomic E-state index is 13.8. The molecule has 1 spiro atoms. The average Bonchev–Trinajstić information content (AvgIpc) is 3.34. The Morgan fingerprint density at radius 1 is 1.00 bits per heavy atom. The number of para-hydroxylation sites is 1. The molecule has 2 aromatic carbocycles. The molecule has 188 valence electrons. The van der Waals surface area contributed by atoms with Crippen molar-refractivity contribution in [1.82, 2.24) is 19.7 Å². The van der Waals surface area contributed by atoms with Gasteiger partial charge < -0.3 is 9.64 Å². The van der Waals surface area contributed by atoms with Crippen molar-refractivity contribution >= 4 is 22.6 Å². The molecule has 7 heteroatoms. The summed E-state index contributed by atoms with van der Waals surface area (Å²) < 4.78 is 8.23. The summed E-state index contributed by atoms with van der Waals surface area (Å²) in [7, 11) is 0. The second-order valence-electron chi connectivity index (χ2n) is 11.1. The van der Waals surface area contributed by atoms with Gasteiger partial charge in [-0.25, -0.2) is 4.98 Å². The Morgan fingerprint density at radius 3 is 2.43 bits per heavy atom. The van der Waals surface area contributed by atoms with E-state index in [1.165, 1.54) is 0 Å². The average molecular weight is 495 g/mol. The minimum atomic E-state index is -0.595. The molecule has 0 radical (unpaired) electrons. The van der Waals surface area contributed by atoms with E-state index < -0.39 is 5.60 Å². The Morgan fingerprint density at radius 2 is 1.70 bits per heavy atom. The molecular weight excluding hydrogens is 464 g/mol. The highest BCUT2D eigenvalue weighted by Crippen LogP contribution is 2.40. The fraction of sp³-hybridized carbons (Fsp3) is 0.333. The Hall–Kier alpha value is -4.00. The number of benzene rings is 2. The molecule has 4 aromatic rings. The number of likely N-dealkylation sites (tertiary alicyclic amines) is 1. The summed E-state index contributed by atoms with van der Waals surface area (Å²) in [6.07, 6.45) is 3.32. The maximum atomic E-state index is 13.8. The first-order chi connectivity index (χ1) is 17.7. The van der Waals surface area contributed by atoms with Crippen molar-refractivity contribution in [2.75, 3.05) is 13.1 Å². The van der Waals surface area contributed by atoms with Gasteiger partial charge in [0.15, 0.2) is 17.2 Å². The Labute approximate surface area is 216 Å². The molecule has 0 aliphatic carbocycles. The van der Waals surface area contributed by atoms with Gasteiger partial charge in [-0.1, -0.05) is 48.5 Å². The smallest absolute Gasteiger partial charge is 0.254 e. The second-order valence-corrected chi connectivity index (χ2v) is 11.1. The molecule has 7 nitrogen and oxygen atoms in total. The van der Waals surface area contributed by atoms with E-state index in [4.69, 9.17) is 9.72 Å². The molecule has 0 unspecified atom stereocenters. The van der Waals surface area contributed by atoms with Crippen LogP contribution in [0.5, 0.6) is 5.75 Å². The number of fused-ring (bicyclic) bond motifs is 2. The number of hydrogen-bond donors (Lipinski definition) is 0. The first kappa shape index (κ1) is 23.4. The predicted octanol–water partition coefficient (Wildman–Crippen LogP) is 5.49. The standard InChI is InChI=1S/C30H30N4O3/c1-29(2,3)34-19-26-27(32-34)25(35)18-30(37-26)13-15-33(16-14-30)28(36)22-17-24(20-9-5-4-6-10-20)31-23-12-8-7-11-21(22)23/h4-12,17,19H,13-16,18H2,1-3H3. The van der Waals surface area contributed by atoms with Gasteiger partial charge >= 0.3 is 0 Å². The quantitative estimate of drug-likeness (QED) is 0.368. The number of nitrogens with zero attached hydrogens (tertiary/aromatic N) is 4. The molecule has 1 saturated heterocycles. The molecule has 37 heavy (non-hydrogen) atoms. The van der Waals surface area contributed by atoms with Gasteiger partial charge in [0.2, 0.25) is 0 Å². The highest BCUT2D eigenvalue weighted by atomic mass is 16.5. The molecule has 0 atom stereocenters. The summed E-state index contributed by atoms with van der Waals surface area (Å²) >= 11 is 0. The van der Waals surface area contributed by atoms with Gasteiger partial charge in [0.05, 0.1) is 34.9 Å². The second kappa shape index (κ2) is 8.54. The number of hydrogen-bond acceptors (Lipinski definition) is 5. The molecule has 1 fully saturated rings. The Kier molecular flexibility index (Phi) is 5.40. The normalized spacial score (nSPS) is 17.1. The van der Waals surface area contributed by atoms with Crippen LogP contribution in [0.2, 0.25) is 0 Å². The van der Waals surface area contributed by atoms with Crippen molar-refractivity contribution in [2.24, 2.45) is 0 Å². The molecule has 0 N–H and O–H groups in total. The van der Waals surface area contributed by atoms with Crippen molar-refractivity contribution < 1.29 is 14.3 Å². The van der Waals surface area contributed by atoms with Crippen LogP contribution < -0.4 is 4.74 Å². The molecule has 1 amide bonds. The molecule has 2 aliphatic heterocycles. The van der Waals surface area contributed by atoms with E-state index in [1.54, 1.807) is 4.68 Å². The van der Waals surface area contributed by atoms with Crippen LogP contribution in [0, 0.1) is 0 Å². The van der Waals surface area contributed by atoms with Crippen LogP contribution in [0.25, 0.3) is 22.2 Å². The zero-order chi connectivity index (χ0) is 25.8. The molecule has 4 heterocycles. The van der Waals surface area contributed by atoms with Gasteiger partial charge in [0.25, 0.3) is 5.91 Å². The van der Waals surface area contributed by atoms with E-state index in [-0.39, 0.29) is 17.2 Å². The molecule has 2 aromatic heterocycles. The minimum absolute atomic E-state index is 0.0108.